The van der Waals surface area contributed by atoms with Crippen LogP contribution in [-0.2, 0) is 11.2 Å². The van der Waals surface area contributed by atoms with Crippen molar-refractivity contribution in [2.75, 3.05) is 11.4 Å². The predicted octanol–water partition coefficient (Wildman–Crippen LogP) is 3.65. The van der Waals surface area contributed by atoms with Crippen LogP contribution in [0, 0.1) is 0 Å². The third-order valence-corrected chi connectivity index (χ3v) is 4.93. The molecule has 6 nitrogen and oxygen atoms in total. The van der Waals surface area contributed by atoms with E-state index in [1.807, 2.05) is 45.0 Å². The summed E-state index contributed by atoms with van der Waals surface area (Å²) >= 11 is 0. The van der Waals surface area contributed by atoms with Gasteiger partial charge >= 0.3 is 6.09 Å². The van der Waals surface area contributed by atoms with E-state index in [0.29, 0.717) is 17.5 Å². The van der Waals surface area contributed by atoms with Gasteiger partial charge < -0.3 is 4.74 Å². The van der Waals surface area contributed by atoms with Crippen molar-refractivity contribution in [3.05, 3.63) is 65.2 Å². The highest BCUT2D eigenvalue weighted by molar-refractivity contribution is 6.21. The van der Waals surface area contributed by atoms with Crippen molar-refractivity contribution < 1.29 is 19.1 Å². The molecule has 28 heavy (non-hydrogen) atoms. The van der Waals surface area contributed by atoms with Crippen LogP contribution in [0.25, 0.3) is 0 Å². The van der Waals surface area contributed by atoms with Gasteiger partial charge in [0, 0.05) is 0 Å². The van der Waals surface area contributed by atoms with Crippen LogP contribution in [0.4, 0.5) is 10.5 Å². The van der Waals surface area contributed by atoms with Crippen molar-refractivity contribution in [3.8, 4) is 0 Å². The third kappa shape index (κ3) is 3.05. The third-order valence-electron chi connectivity index (χ3n) is 4.93. The second kappa shape index (κ2) is 6.48. The number of nitrogens with zero attached hydrogens (tertiary/aromatic N) is 2. The molecule has 0 fully saturated rings. The number of fused-ring (bicyclic) bond motifs is 2. The molecule has 2 aliphatic rings. The molecule has 2 aromatic rings. The summed E-state index contributed by atoms with van der Waals surface area (Å²) in [4.78, 5) is 41.2. The van der Waals surface area contributed by atoms with Crippen molar-refractivity contribution in [1.82, 2.24) is 4.90 Å². The van der Waals surface area contributed by atoms with Crippen LogP contribution >= 0.6 is 0 Å². The van der Waals surface area contributed by atoms with Gasteiger partial charge in [-0.3, -0.25) is 19.4 Å². The van der Waals surface area contributed by atoms with Gasteiger partial charge in [-0.05, 0) is 51.0 Å². The SMILES string of the molecule is CC(C)(C)OC(=O)N1c2ccccc2CC1CN1C(=O)c2ccccc2C1=O. The molecule has 6 heteroatoms. The summed E-state index contributed by atoms with van der Waals surface area (Å²) in [6, 6.07) is 14.0. The minimum atomic E-state index is -0.644. The molecule has 0 saturated heterocycles. The number of amides is 3. The Morgan fingerprint density at radius 1 is 1.00 bits per heavy atom. The lowest BCUT2D eigenvalue weighted by Gasteiger charge is -2.30. The summed E-state index contributed by atoms with van der Waals surface area (Å²) in [7, 11) is 0. The summed E-state index contributed by atoms with van der Waals surface area (Å²) in [5, 5.41) is 0. The van der Waals surface area contributed by atoms with Crippen molar-refractivity contribution >= 4 is 23.6 Å². The van der Waals surface area contributed by atoms with Crippen molar-refractivity contribution in [2.24, 2.45) is 0 Å². The standard InChI is InChI=1S/C22H22N2O4/c1-22(2,3)28-21(27)24-15(12-14-8-4-7-11-18(14)24)13-23-19(25)16-9-5-6-10-17(16)20(23)26/h4-11,15H,12-13H2,1-3H3. The molecule has 2 heterocycles. The van der Waals surface area contributed by atoms with E-state index in [1.54, 1.807) is 29.2 Å². The van der Waals surface area contributed by atoms with Gasteiger partial charge in [-0.1, -0.05) is 30.3 Å². The molecular formula is C22H22N2O4. The first-order chi connectivity index (χ1) is 13.3. The van der Waals surface area contributed by atoms with Gasteiger partial charge in [-0.2, -0.15) is 0 Å². The van der Waals surface area contributed by atoms with Crippen LogP contribution in [0.1, 0.15) is 47.1 Å². The number of carbonyl (C=O) groups excluding carboxylic acids is 3. The lowest BCUT2D eigenvalue weighted by Crippen LogP contribution is -2.48. The Bertz CT molecular complexity index is 941. The topological polar surface area (TPSA) is 66.9 Å². The fraction of sp³-hybridized carbons (Fsp3) is 0.318. The van der Waals surface area contributed by atoms with E-state index in [0.717, 1.165) is 11.3 Å². The lowest BCUT2D eigenvalue weighted by atomic mass is 10.1. The van der Waals surface area contributed by atoms with Crippen LogP contribution in [0.3, 0.4) is 0 Å². The average Bonchev–Trinajstić information content (AvgIpc) is 3.12. The van der Waals surface area contributed by atoms with Gasteiger partial charge in [-0.15, -0.1) is 0 Å². The molecule has 0 bridgehead atoms. The molecule has 0 aliphatic carbocycles. The zero-order chi connectivity index (χ0) is 20.1. The van der Waals surface area contributed by atoms with Gasteiger partial charge in [0.05, 0.1) is 29.4 Å². The lowest BCUT2D eigenvalue weighted by molar-refractivity contribution is 0.0534. The smallest absolute Gasteiger partial charge is 0.415 e. The van der Waals surface area contributed by atoms with Gasteiger partial charge in [0.15, 0.2) is 0 Å². The van der Waals surface area contributed by atoms with E-state index in [4.69, 9.17) is 4.74 Å². The van der Waals surface area contributed by atoms with E-state index in [1.165, 1.54) is 4.90 Å². The molecule has 2 aliphatic heterocycles. The monoisotopic (exact) mass is 378 g/mol. The molecule has 1 unspecified atom stereocenters. The number of hydrogen-bond acceptors (Lipinski definition) is 4. The zero-order valence-corrected chi connectivity index (χ0v) is 16.1. The molecule has 0 spiro atoms. The Hall–Kier alpha value is -3.15. The van der Waals surface area contributed by atoms with E-state index < -0.39 is 11.7 Å². The molecular weight excluding hydrogens is 356 g/mol. The van der Waals surface area contributed by atoms with Crippen molar-refractivity contribution in [1.29, 1.82) is 0 Å². The van der Waals surface area contributed by atoms with Crippen LogP contribution < -0.4 is 4.90 Å². The number of hydrogen-bond donors (Lipinski definition) is 0. The minimum absolute atomic E-state index is 0.125. The second-order valence-corrected chi connectivity index (χ2v) is 8.10. The fourth-order valence-corrected chi connectivity index (χ4v) is 3.78. The van der Waals surface area contributed by atoms with Gasteiger partial charge in [0.1, 0.15) is 5.60 Å². The van der Waals surface area contributed by atoms with E-state index in [2.05, 4.69) is 0 Å². The second-order valence-electron chi connectivity index (χ2n) is 8.10. The van der Waals surface area contributed by atoms with Crippen LogP contribution in [0.15, 0.2) is 48.5 Å². The summed E-state index contributed by atoms with van der Waals surface area (Å²) in [6.45, 7) is 5.56. The number of benzene rings is 2. The van der Waals surface area contributed by atoms with Gasteiger partial charge in [-0.25, -0.2) is 4.79 Å². The summed E-state index contributed by atoms with van der Waals surface area (Å²) in [6.07, 6.45) is 0.0853. The molecule has 1 atom stereocenters. The highest BCUT2D eigenvalue weighted by atomic mass is 16.6. The van der Waals surface area contributed by atoms with Crippen molar-refractivity contribution in [3.63, 3.8) is 0 Å². The number of ether oxygens (including phenoxy) is 1. The number of imide groups is 1. The van der Waals surface area contributed by atoms with Crippen molar-refractivity contribution in [2.45, 2.75) is 38.8 Å². The predicted molar refractivity (Wildman–Crippen MR) is 104 cm³/mol. The molecule has 3 amide bonds. The fourth-order valence-electron chi connectivity index (χ4n) is 3.78. The largest absolute Gasteiger partial charge is 0.443 e. The minimum Gasteiger partial charge on any atom is -0.443 e. The van der Waals surface area contributed by atoms with Gasteiger partial charge in [0.25, 0.3) is 11.8 Å². The first-order valence-corrected chi connectivity index (χ1v) is 9.31. The number of rotatable bonds is 2. The highest BCUT2D eigenvalue weighted by Crippen LogP contribution is 2.35. The maximum absolute atomic E-state index is 12.9. The first kappa shape index (κ1) is 18.2. The molecule has 0 aromatic heterocycles. The Balaban J connectivity index is 1.63. The van der Waals surface area contributed by atoms with E-state index in [-0.39, 0.29) is 24.4 Å². The Labute approximate surface area is 163 Å². The first-order valence-electron chi connectivity index (χ1n) is 9.31. The van der Waals surface area contributed by atoms with Crippen LogP contribution in [0.5, 0.6) is 0 Å². The molecule has 0 N–H and O–H groups in total. The molecule has 2 aromatic carbocycles. The Morgan fingerprint density at radius 2 is 1.57 bits per heavy atom. The Kier molecular flexibility index (Phi) is 4.22. The van der Waals surface area contributed by atoms with Crippen LogP contribution in [0.2, 0.25) is 0 Å². The molecule has 4 rings (SSSR count). The normalized spacial score (nSPS) is 18.3. The summed E-state index contributed by atoms with van der Waals surface area (Å²) in [5.74, 6) is -0.638. The van der Waals surface area contributed by atoms with Crippen LogP contribution in [-0.4, -0.2) is 41.0 Å². The summed E-state index contributed by atoms with van der Waals surface area (Å²) < 4.78 is 5.59. The van der Waals surface area contributed by atoms with E-state index >= 15 is 0 Å². The highest BCUT2D eigenvalue weighted by Gasteiger charge is 2.42. The van der Waals surface area contributed by atoms with E-state index in [9.17, 15) is 14.4 Å². The quantitative estimate of drug-likeness (QED) is 0.748. The maximum atomic E-state index is 12.9. The Morgan fingerprint density at radius 3 is 2.18 bits per heavy atom. The summed E-state index contributed by atoms with van der Waals surface area (Å²) in [5.41, 5.74) is 1.93. The number of carbonyl (C=O) groups is 3. The van der Waals surface area contributed by atoms with Gasteiger partial charge in [0.2, 0.25) is 0 Å². The zero-order valence-electron chi connectivity index (χ0n) is 16.1. The maximum Gasteiger partial charge on any atom is 0.415 e. The number of para-hydroxylation sites is 1. The average molecular weight is 378 g/mol. The molecule has 144 valence electrons. The molecule has 0 radical (unpaired) electrons. The molecule has 0 saturated carbocycles. The number of anilines is 1.